The molecule has 0 saturated heterocycles. The highest BCUT2D eigenvalue weighted by Gasteiger charge is 2.08. The normalized spacial score (nSPS) is 10.8. The van der Waals surface area contributed by atoms with E-state index in [-0.39, 0.29) is 12.2 Å². The number of aliphatic carboxylic acids is 1. The standard InChI is InChI=1S/C11H10ClNO3/c12-10-6-7-5-8(14)1-2-9(7)13(10)4-3-11(15)16/h1-2,5-6,14H,3-4H2,(H,15,16). The van der Waals surface area contributed by atoms with Crippen molar-refractivity contribution in [3.8, 4) is 5.75 Å². The molecule has 0 aliphatic heterocycles. The summed E-state index contributed by atoms with van der Waals surface area (Å²) in [7, 11) is 0. The zero-order chi connectivity index (χ0) is 11.7. The van der Waals surface area contributed by atoms with Gasteiger partial charge in [-0.2, -0.15) is 0 Å². The van der Waals surface area contributed by atoms with Crippen molar-refractivity contribution < 1.29 is 15.0 Å². The van der Waals surface area contributed by atoms with Crippen LogP contribution in [0.5, 0.6) is 5.75 Å². The molecule has 5 heteroatoms. The molecule has 0 saturated carbocycles. The van der Waals surface area contributed by atoms with Gasteiger partial charge in [0, 0.05) is 17.4 Å². The Bertz CT molecular complexity index is 547. The molecule has 0 amide bonds. The van der Waals surface area contributed by atoms with Crippen molar-refractivity contribution in [2.24, 2.45) is 0 Å². The fraction of sp³-hybridized carbons (Fsp3) is 0.182. The van der Waals surface area contributed by atoms with Gasteiger partial charge >= 0.3 is 5.97 Å². The van der Waals surface area contributed by atoms with E-state index in [0.717, 1.165) is 10.9 Å². The summed E-state index contributed by atoms with van der Waals surface area (Å²) in [6.07, 6.45) is 0.0182. The number of carboxylic acids is 1. The summed E-state index contributed by atoms with van der Waals surface area (Å²) in [5.41, 5.74) is 0.823. The molecule has 0 fully saturated rings. The van der Waals surface area contributed by atoms with E-state index in [4.69, 9.17) is 16.7 Å². The minimum Gasteiger partial charge on any atom is -0.508 e. The first-order valence-corrected chi connectivity index (χ1v) is 5.15. The molecule has 1 aromatic carbocycles. The summed E-state index contributed by atoms with van der Waals surface area (Å²) in [5.74, 6) is -0.698. The van der Waals surface area contributed by atoms with Crippen LogP contribution in [0.15, 0.2) is 24.3 Å². The number of aromatic hydroxyl groups is 1. The van der Waals surface area contributed by atoms with Crippen LogP contribution in [0.25, 0.3) is 10.9 Å². The van der Waals surface area contributed by atoms with Gasteiger partial charge in [0.1, 0.15) is 10.9 Å². The van der Waals surface area contributed by atoms with Gasteiger partial charge in [-0.05, 0) is 24.3 Å². The van der Waals surface area contributed by atoms with Gasteiger partial charge in [-0.1, -0.05) is 11.6 Å². The number of hydrogen-bond donors (Lipinski definition) is 2. The van der Waals surface area contributed by atoms with E-state index in [9.17, 15) is 9.90 Å². The van der Waals surface area contributed by atoms with E-state index >= 15 is 0 Å². The summed E-state index contributed by atoms with van der Waals surface area (Å²) < 4.78 is 1.71. The Morgan fingerprint density at radius 1 is 1.38 bits per heavy atom. The van der Waals surface area contributed by atoms with Crippen molar-refractivity contribution in [1.82, 2.24) is 4.57 Å². The molecule has 0 atom stereocenters. The number of hydrogen-bond acceptors (Lipinski definition) is 2. The van der Waals surface area contributed by atoms with Crippen molar-refractivity contribution in [1.29, 1.82) is 0 Å². The third kappa shape index (κ3) is 1.97. The Balaban J connectivity index is 2.43. The highest BCUT2D eigenvalue weighted by atomic mass is 35.5. The summed E-state index contributed by atoms with van der Waals surface area (Å²) >= 11 is 5.99. The predicted molar refractivity (Wildman–Crippen MR) is 60.9 cm³/mol. The highest BCUT2D eigenvalue weighted by molar-refractivity contribution is 6.31. The number of aromatic nitrogens is 1. The molecule has 84 valence electrons. The number of benzene rings is 1. The van der Waals surface area contributed by atoms with Crippen LogP contribution in [0.4, 0.5) is 0 Å². The predicted octanol–water partition coefficient (Wildman–Crippen LogP) is 2.48. The first kappa shape index (κ1) is 10.8. The average Bonchev–Trinajstić information content (AvgIpc) is 2.50. The van der Waals surface area contributed by atoms with Gasteiger partial charge < -0.3 is 14.8 Å². The van der Waals surface area contributed by atoms with Crippen LogP contribution in [-0.4, -0.2) is 20.7 Å². The lowest BCUT2D eigenvalue weighted by molar-refractivity contribution is -0.137. The average molecular weight is 240 g/mol. The number of aryl methyl sites for hydroxylation is 1. The van der Waals surface area contributed by atoms with Gasteiger partial charge in [-0.15, -0.1) is 0 Å². The van der Waals surface area contributed by atoms with Crippen molar-refractivity contribution in [2.75, 3.05) is 0 Å². The third-order valence-electron chi connectivity index (χ3n) is 2.38. The van der Waals surface area contributed by atoms with Crippen molar-refractivity contribution in [3.05, 3.63) is 29.4 Å². The van der Waals surface area contributed by atoms with Crippen LogP contribution in [0.3, 0.4) is 0 Å². The number of carboxylic acid groups (broad SMARTS) is 1. The number of fused-ring (bicyclic) bond motifs is 1. The summed E-state index contributed by atoms with van der Waals surface area (Å²) in [5, 5.41) is 19.2. The number of rotatable bonds is 3. The minimum atomic E-state index is -0.864. The van der Waals surface area contributed by atoms with Crippen molar-refractivity contribution in [3.63, 3.8) is 0 Å². The van der Waals surface area contributed by atoms with Gasteiger partial charge in [0.15, 0.2) is 0 Å². The number of phenolic OH excluding ortho intramolecular Hbond substituents is 1. The fourth-order valence-corrected chi connectivity index (χ4v) is 1.95. The second-order valence-electron chi connectivity index (χ2n) is 3.51. The van der Waals surface area contributed by atoms with Gasteiger partial charge in [0.05, 0.1) is 6.42 Å². The maximum absolute atomic E-state index is 10.5. The lowest BCUT2D eigenvalue weighted by Crippen LogP contribution is -2.04. The zero-order valence-corrected chi connectivity index (χ0v) is 9.11. The molecule has 16 heavy (non-hydrogen) atoms. The van der Waals surface area contributed by atoms with E-state index in [2.05, 4.69) is 0 Å². The molecule has 2 rings (SSSR count). The van der Waals surface area contributed by atoms with E-state index in [1.165, 1.54) is 0 Å². The minimum absolute atomic E-state index is 0.0182. The zero-order valence-electron chi connectivity index (χ0n) is 8.35. The maximum atomic E-state index is 10.5. The smallest absolute Gasteiger partial charge is 0.305 e. The molecular weight excluding hydrogens is 230 g/mol. The molecule has 2 N–H and O–H groups in total. The van der Waals surface area contributed by atoms with E-state index < -0.39 is 5.97 Å². The second-order valence-corrected chi connectivity index (χ2v) is 3.89. The topological polar surface area (TPSA) is 62.5 Å². The SMILES string of the molecule is O=C(O)CCn1c(Cl)cc2cc(O)ccc21. The van der Waals surface area contributed by atoms with E-state index in [1.807, 2.05) is 0 Å². The second kappa shape index (κ2) is 4.06. The summed E-state index contributed by atoms with van der Waals surface area (Å²) in [6.45, 7) is 0.322. The van der Waals surface area contributed by atoms with Crippen molar-refractivity contribution >= 4 is 28.5 Å². The van der Waals surface area contributed by atoms with Crippen LogP contribution in [0.2, 0.25) is 5.15 Å². The maximum Gasteiger partial charge on any atom is 0.305 e. The number of halogens is 1. The molecule has 0 aliphatic carbocycles. The van der Waals surface area contributed by atoms with Crippen LogP contribution in [0.1, 0.15) is 6.42 Å². The molecule has 0 aliphatic rings. The Morgan fingerprint density at radius 2 is 2.12 bits per heavy atom. The Hall–Kier alpha value is -1.68. The van der Waals surface area contributed by atoms with Gasteiger partial charge in [0.25, 0.3) is 0 Å². The molecule has 0 unspecified atom stereocenters. The first-order valence-electron chi connectivity index (χ1n) is 4.77. The Labute approximate surface area is 96.7 Å². The fourth-order valence-electron chi connectivity index (χ4n) is 1.66. The lowest BCUT2D eigenvalue weighted by atomic mass is 10.2. The summed E-state index contributed by atoms with van der Waals surface area (Å²) in [6, 6.07) is 6.57. The summed E-state index contributed by atoms with van der Waals surface area (Å²) in [4.78, 5) is 10.5. The van der Waals surface area contributed by atoms with E-state index in [1.54, 1.807) is 28.8 Å². The molecule has 0 spiro atoms. The van der Waals surface area contributed by atoms with Crippen LogP contribution in [-0.2, 0) is 11.3 Å². The molecule has 0 bridgehead atoms. The van der Waals surface area contributed by atoms with Gasteiger partial charge in [-0.25, -0.2) is 0 Å². The number of phenols is 1. The lowest BCUT2D eigenvalue weighted by Gasteiger charge is -2.04. The number of nitrogens with zero attached hydrogens (tertiary/aromatic N) is 1. The van der Waals surface area contributed by atoms with E-state index in [0.29, 0.717) is 11.7 Å². The highest BCUT2D eigenvalue weighted by Crippen LogP contribution is 2.26. The molecule has 1 heterocycles. The Morgan fingerprint density at radius 3 is 2.81 bits per heavy atom. The van der Waals surface area contributed by atoms with Gasteiger partial charge in [0.2, 0.25) is 0 Å². The van der Waals surface area contributed by atoms with Crippen LogP contribution in [0, 0.1) is 0 Å². The monoisotopic (exact) mass is 239 g/mol. The molecule has 1 aromatic heterocycles. The molecular formula is C11H10ClNO3. The van der Waals surface area contributed by atoms with Crippen LogP contribution < -0.4 is 0 Å². The first-order chi connectivity index (χ1) is 7.58. The molecule has 0 radical (unpaired) electrons. The largest absolute Gasteiger partial charge is 0.508 e. The molecule has 2 aromatic rings. The number of carbonyl (C=O) groups is 1. The quantitative estimate of drug-likeness (QED) is 0.865. The van der Waals surface area contributed by atoms with Gasteiger partial charge in [-0.3, -0.25) is 4.79 Å². The van der Waals surface area contributed by atoms with Crippen molar-refractivity contribution in [2.45, 2.75) is 13.0 Å². The Kier molecular flexibility index (Phi) is 2.75. The molecule has 4 nitrogen and oxygen atoms in total. The third-order valence-corrected chi connectivity index (χ3v) is 2.70. The van der Waals surface area contributed by atoms with Crippen LogP contribution >= 0.6 is 11.6 Å².